The summed E-state index contributed by atoms with van der Waals surface area (Å²) in [5.41, 5.74) is 0.258. The molecule has 0 bridgehead atoms. The zero-order valence-electron chi connectivity index (χ0n) is 11.7. The Morgan fingerprint density at radius 2 is 1.73 bits per heavy atom. The maximum atomic E-state index is 13.2. The minimum Gasteiger partial charge on any atom is -0.495 e. The molecule has 0 spiro atoms. The molecule has 0 radical (unpaired) electrons. The molecule has 0 unspecified atom stereocenters. The molecule has 22 heavy (non-hydrogen) atoms. The summed E-state index contributed by atoms with van der Waals surface area (Å²) in [4.78, 5) is 12.1. The molecule has 2 rings (SSSR count). The van der Waals surface area contributed by atoms with Crippen LogP contribution in [0.3, 0.4) is 0 Å². The molecule has 0 aliphatic rings. The number of nitrogens with one attached hydrogen (secondary N) is 1. The van der Waals surface area contributed by atoms with Crippen molar-refractivity contribution in [1.29, 1.82) is 0 Å². The minimum atomic E-state index is -1.10. The molecule has 2 aromatic rings. The van der Waals surface area contributed by atoms with E-state index in [-0.39, 0.29) is 5.56 Å². The van der Waals surface area contributed by atoms with Crippen LogP contribution in [-0.4, -0.2) is 20.1 Å². The number of methoxy groups -OCH3 is 2. The molecule has 1 amide bonds. The van der Waals surface area contributed by atoms with Crippen molar-refractivity contribution in [3.8, 4) is 11.5 Å². The third-order valence-electron chi connectivity index (χ3n) is 2.90. The average molecular weight is 328 g/mol. The minimum absolute atomic E-state index is 0.0325. The quantitative estimate of drug-likeness (QED) is 0.926. The molecule has 1 N–H and O–H groups in total. The highest BCUT2D eigenvalue weighted by atomic mass is 35.5. The van der Waals surface area contributed by atoms with Crippen LogP contribution in [-0.2, 0) is 0 Å². The summed E-state index contributed by atoms with van der Waals surface area (Å²) < 4.78 is 36.2. The van der Waals surface area contributed by atoms with E-state index in [1.54, 1.807) is 0 Å². The summed E-state index contributed by atoms with van der Waals surface area (Å²) in [5.74, 6) is -2.11. The standard InChI is InChI=1S/C15H12ClF2NO3/c1-21-13-7-12(14(22-2)6-9(13)16)19-15(20)8-3-4-10(17)11(18)5-8/h3-7H,1-2H3,(H,19,20). The largest absolute Gasteiger partial charge is 0.495 e. The predicted octanol–water partition coefficient (Wildman–Crippen LogP) is 3.89. The van der Waals surface area contributed by atoms with Gasteiger partial charge in [-0.05, 0) is 18.2 Å². The van der Waals surface area contributed by atoms with Gasteiger partial charge >= 0.3 is 0 Å². The van der Waals surface area contributed by atoms with Crippen molar-refractivity contribution in [3.05, 3.63) is 52.6 Å². The van der Waals surface area contributed by atoms with Crippen LogP contribution in [0, 0.1) is 11.6 Å². The van der Waals surface area contributed by atoms with E-state index >= 15 is 0 Å². The van der Waals surface area contributed by atoms with Crippen LogP contribution in [0.25, 0.3) is 0 Å². The van der Waals surface area contributed by atoms with E-state index in [1.807, 2.05) is 0 Å². The van der Waals surface area contributed by atoms with Crippen LogP contribution in [0.15, 0.2) is 30.3 Å². The van der Waals surface area contributed by atoms with Crippen LogP contribution < -0.4 is 14.8 Å². The molecule has 0 aliphatic carbocycles. The Bertz CT molecular complexity index is 722. The van der Waals surface area contributed by atoms with Gasteiger partial charge in [-0.25, -0.2) is 8.78 Å². The van der Waals surface area contributed by atoms with Gasteiger partial charge in [0, 0.05) is 17.7 Å². The van der Waals surface area contributed by atoms with Crippen LogP contribution in [0.2, 0.25) is 5.02 Å². The van der Waals surface area contributed by atoms with Gasteiger partial charge in [0.25, 0.3) is 5.91 Å². The molecule has 0 aromatic heterocycles. The fourth-order valence-electron chi connectivity index (χ4n) is 1.79. The summed E-state index contributed by atoms with van der Waals surface area (Å²) in [7, 11) is 2.83. The average Bonchev–Trinajstić information content (AvgIpc) is 2.51. The Morgan fingerprint density at radius 3 is 2.32 bits per heavy atom. The van der Waals surface area contributed by atoms with Crippen molar-refractivity contribution >= 4 is 23.2 Å². The van der Waals surface area contributed by atoms with Gasteiger partial charge in [0.1, 0.15) is 11.5 Å². The van der Waals surface area contributed by atoms with Gasteiger partial charge in [-0.3, -0.25) is 4.79 Å². The van der Waals surface area contributed by atoms with Gasteiger partial charge in [0.05, 0.1) is 24.9 Å². The topological polar surface area (TPSA) is 47.6 Å². The maximum absolute atomic E-state index is 13.2. The molecular formula is C15H12ClF2NO3. The van der Waals surface area contributed by atoms with Crippen molar-refractivity contribution in [1.82, 2.24) is 0 Å². The van der Waals surface area contributed by atoms with Crippen LogP contribution in [0.1, 0.15) is 10.4 Å². The monoisotopic (exact) mass is 327 g/mol. The lowest BCUT2D eigenvalue weighted by atomic mass is 10.2. The molecule has 4 nitrogen and oxygen atoms in total. The zero-order chi connectivity index (χ0) is 16.3. The first-order valence-corrected chi connectivity index (χ1v) is 6.52. The van der Waals surface area contributed by atoms with Crippen molar-refractivity contribution in [2.75, 3.05) is 19.5 Å². The second-order valence-electron chi connectivity index (χ2n) is 4.27. The van der Waals surface area contributed by atoms with Crippen molar-refractivity contribution in [3.63, 3.8) is 0 Å². The van der Waals surface area contributed by atoms with E-state index in [9.17, 15) is 13.6 Å². The number of rotatable bonds is 4. The van der Waals surface area contributed by atoms with Crippen molar-refractivity contribution in [2.45, 2.75) is 0 Å². The first kappa shape index (κ1) is 16.0. The summed E-state index contributed by atoms with van der Waals surface area (Å²) >= 11 is 5.96. The van der Waals surface area contributed by atoms with Gasteiger partial charge in [-0.2, -0.15) is 0 Å². The normalized spacial score (nSPS) is 10.2. The van der Waals surface area contributed by atoms with Gasteiger partial charge in [-0.15, -0.1) is 0 Å². The van der Waals surface area contributed by atoms with E-state index in [4.69, 9.17) is 21.1 Å². The van der Waals surface area contributed by atoms with Crippen LogP contribution in [0.4, 0.5) is 14.5 Å². The predicted molar refractivity (Wildman–Crippen MR) is 78.9 cm³/mol. The van der Waals surface area contributed by atoms with E-state index in [0.717, 1.165) is 12.1 Å². The molecule has 0 fully saturated rings. The van der Waals surface area contributed by atoms with E-state index < -0.39 is 17.5 Å². The van der Waals surface area contributed by atoms with Gasteiger partial charge in [0.2, 0.25) is 0 Å². The second-order valence-corrected chi connectivity index (χ2v) is 4.68. The third-order valence-corrected chi connectivity index (χ3v) is 3.20. The smallest absolute Gasteiger partial charge is 0.255 e. The fourth-order valence-corrected chi connectivity index (χ4v) is 2.02. The number of hydrogen-bond donors (Lipinski definition) is 1. The number of halogens is 3. The fraction of sp³-hybridized carbons (Fsp3) is 0.133. The molecular weight excluding hydrogens is 316 g/mol. The molecule has 0 atom stereocenters. The summed E-state index contributed by atoms with van der Waals surface area (Å²) in [6.45, 7) is 0. The molecule has 116 valence electrons. The van der Waals surface area contributed by atoms with Gasteiger partial charge in [0.15, 0.2) is 11.6 Å². The number of carbonyl (C=O) groups is 1. The Kier molecular flexibility index (Phi) is 4.82. The van der Waals surface area contributed by atoms with Gasteiger partial charge < -0.3 is 14.8 Å². The molecule has 0 aliphatic heterocycles. The second kappa shape index (κ2) is 6.62. The number of amides is 1. The van der Waals surface area contributed by atoms with E-state index in [1.165, 1.54) is 32.4 Å². The first-order chi connectivity index (χ1) is 10.5. The summed E-state index contributed by atoms with van der Waals surface area (Å²) in [5, 5.41) is 2.85. The molecule has 0 heterocycles. The number of benzene rings is 2. The number of anilines is 1. The Labute approximate surface area is 130 Å². The lowest BCUT2D eigenvalue weighted by Crippen LogP contribution is -2.13. The summed E-state index contributed by atoms with van der Waals surface area (Å²) in [6.07, 6.45) is 0. The Hall–Kier alpha value is -2.34. The maximum Gasteiger partial charge on any atom is 0.255 e. The first-order valence-electron chi connectivity index (χ1n) is 6.14. The highest BCUT2D eigenvalue weighted by Gasteiger charge is 2.15. The van der Waals surface area contributed by atoms with Crippen LogP contribution >= 0.6 is 11.6 Å². The summed E-state index contributed by atoms with van der Waals surface area (Å²) in [6, 6.07) is 5.81. The Balaban J connectivity index is 2.32. The Morgan fingerprint density at radius 1 is 1.05 bits per heavy atom. The molecule has 0 saturated heterocycles. The molecule has 2 aromatic carbocycles. The SMILES string of the molecule is COc1cc(NC(=O)c2ccc(F)c(F)c2)c(OC)cc1Cl. The number of carbonyl (C=O) groups excluding carboxylic acids is 1. The number of ether oxygens (including phenoxy) is 2. The van der Waals surface area contributed by atoms with E-state index in [2.05, 4.69) is 5.32 Å². The number of hydrogen-bond acceptors (Lipinski definition) is 3. The molecule has 7 heteroatoms. The lowest BCUT2D eigenvalue weighted by Gasteiger charge is -2.13. The van der Waals surface area contributed by atoms with Crippen molar-refractivity contribution in [2.24, 2.45) is 0 Å². The highest BCUT2D eigenvalue weighted by Crippen LogP contribution is 2.36. The van der Waals surface area contributed by atoms with Gasteiger partial charge in [-0.1, -0.05) is 11.6 Å². The van der Waals surface area contributed by atoms with Crippen LogP contribution in [0.5, 0.6) is 11.5 Å². The highest BCUT2D eigenvalue weighted by molar-refractivity contribution is 6.32. The zero-order valence-corrected chi connectivity index (χ0v) is 12.5. The van der Waals surface area contributed by atoms with Crippen molar-refractivity contribution < 1.29 is 23.0 Å². The molecule has 0 saturated carbocycles. The third kappa shape index (κ3) is 3.28. The lowest BCUT2D eigenvalue weighted by molar-refractivity contribution is 0.102. The van der Waals surface area contributed by atoms with E-state index in [0.29, 0.717) is 22.2 Å².